The Labute approximate surface area is 141 Å². The minimum absolute atomic E-state index is 0.180. The second-order valence-electron chi connectivity index (χ2n) is 5.52. The number of ether oxygens (including phenoxy) is 1. The zero-order valence-corrected chi connectivity index (χ0v) is 14.0. The molecule has 1 aliphatic carbocycles. The smallest absolute Gasteiger partial charge is 0.343 e. The highest BCUT2D eigenvalue weighted by Crippen LogP contribution is 2.32. The minimum atomic E-state index is -0.348. The first-order valence-electron chi connectivity index (χ1n) is 7.32. The van der Waals surface area contributed by atoms with Crippen LogP contribution in [0.1, 0.15) is 34.5 Å². The molecule has 118 valence electrons. The molecule has 1 aromatic carbocycles. The predicted molar refractivity (Wildman–Crippen MR) is 90.0 cm³/mol. The lowest BCUT2D eigenvalue weighted by Gasteiger charge is -2.07. The molecule has 0 radical (unpaired) electrons. The summed E-state index contributed by atoms with van der Waals surface area (Å²) >= 11 is 2.47. The summed E-state index contributed by atoms with van der Waals surface area (Å²) in [6, 6.07) is 6.16. The van der Waals surface area contributed by atoms with Crippen LogP contribution >= 0.6 is 23.3 Å². The highest BCUT2D eigenvalue weighted by molar-refractivity contribution is 7.10. The van der Waals surface area contributed by atoms with Crippen molar-refractivity contribution >= 4 is 45.3 Å². The number of fused-ring (bicyclic) bond motifs is 1. The summed E-state index contributed by atoms with van der Waals surface area (Å²) in [5.41, 5.74) is 3.74. The van der Waals surface area contributed by atoms with E-state index in [4.69, 9.17) is 4.74 Å². The number of anilines is 1. The highest BCUT2D eigenvalue weighted by Gasteiger charge is 2.27. The third-order valence-electron chi connectivity index (χ3n) is 3.71. The molecule has 2 aromatic heterocycles. The summed E-state index contributed by atoms with van der Waals surface area (Å²) in [5, 5.41) is 4.15. The molecular weight excluding hydrogens is 332 g/mol. The molecule has 0 spiro atoms. The number of hydrogen-bond acceptors (Lipinski definition) is 8. The van der Waals surface area contributed by atoms with E-state index >= 15 is 0 Å². The zero-order chi connectivity index (χ0) is 15.8. The van der Waals surface area contributed by atoms with Gasteiger partial charge in [0.25, 0.3) is 0 Å². The molecule has 4 rings (SSSR count). The molecule has 3 aromatic rings. The second kappa shape index (κ2) is 5.86. The SMILES string of the molecule is Cc1nsc(NC2CC2)c1C(=O)OCc1cccc2nsnc12. The number of carbonyl (C=O) groups excluding carboxylic acids is 1. The third kappa shape index (κ3) is 2.91. The number of aryl methyl sites for hydroxylation is 1. The van der Waals surface area contributed by atoms with Crippen LogP contribution in [0.2, 0.25) is 0 Å². The van der Waals surface area contributed by atoms with Gasteiger partial charge in [-0.05, 0) is 37.4 Å². The first kappa shape index (κ1) is 14.5. The fraction of sp³-hybridized carbons (Fsp3) is 0.333. The summed E-state index contributed by atoms with van der Waals surface area (Å²) in [6.45, 7) is 2.01. The van der Waals surface area contributed by atoms with Crippen LogP contribution < -0.4 is 5.32 Å². The molecule has 1 fully saturated rings. The largest absolute Gasteiger partial charge is 0.457 e. The highest BCUT2D eigenvalue weighted by atomic mass is 32.1. The van der Waals surface area contributed by atoms with Gasteiger partial charge in [0.2, 0.25) is 0 Å². The number of rotatable bonds is 5. The van der Waals surface area contributed by atoms with E-state index in [0.29, 0.717) is 17.3 Å². The van der Waals surface area contributed by atoms with Gasteiger partial charge in [0.15, 0.2) is 0 Å². The average Bonchev–Trinajstić information content (AvgIpc) is 3.09. The number of nitrogens with zero attached hydrogens (tertiary/aromatic N) is 3. The van der Waals surface area contributed by atoms with E-state index in [0.717, 1.165) is 46.2 Å². The van der Waals surface area contributed by atoms with Crippen molar-refractivity contribution in [1.82, 2.24) is 13.1 Å². The van der Waals surface area contributed by atoms with Crippen molar-refractivity contribution < 1.29 is 9.53 Å². The first-order valence-corrected chi connectivity index (χ1v) is 8.83. The van der Waals surface area contributed by atoms with Crippen LogP contribution in [-0.2, 0) is 11.3 Å². The van der Waals surface area contributed by atoms with E-state index in [1.807, 2.05) is 25.1 Å². The fourth-order valence-corrected chi connectivity index (χ4v) is 3.75. The van der Waals surface area contributed by atoms with Crippen molar-refractivity contribution in [3.63, 3.8) is 0 Å². The van der Waals surface area contributed by atoms with Crippen LogP contribution in [0.15, 0.2) is 18.2 Å². The molecule has 0 amide bonds. The first-order chi connectivity index (χ1) is 11.2. The van der Waals surface area contributed by atoms with Gasteiger partial charge in [-0.15, -0.1) is 0 Å². The summed E-state index contributed by atoms with van der Waals surface area (Å²) in [6.07, 6.45) is 2.29. The topological polar surface area (TPSA) is 77.0 Å². The van der Waals surface area contributed by atoms with Crippen molar-refractivity contribution in [3.8, 4) is 0 Å². The Kier molecular flexibility index (Phi) is 3.70. The van der Waals surface area contributed by atoms with Crippen LogP contribution in [0, 0.1) is 6.92 Å². The van der Waals surface area contributed by atoms with Crippen LogP contribution in [0.3, 0.4) is 0 Å². The molecule has 0 saturated heterocycles. The van der Waals surface area contributed by atoms with Crippen molar-refractivity contribution in [2.45, 2.75) is 32.4 Å². The summed E-state index contributed by atoms with van der Waals surface area (Å²) < 4.78 is 18.2. The van der Waals surface area contributed by atoms with Crippen LogP contribution in [0.25, 0.3) is 11.0 Å². The fourth-order valence-electron chi connectivity index (χ4n) is 2.32. The van der Waals surface area contributed by atoms with E-state index < -0.39 is 0 Å². The molecule has 0 bridgehead atoms. The van der Waals surface area contributed by atoms with Gasteiger partial charge in [0, 0.05) is 11.6 Å². The van der Waals surface area contributed by atoms with Gasteiger partial charge in [-0.3, -0.25) is 0 Å². The third-order valence-corrected chi connectivity index (χ3v) is 5.12. The Morgan fingerprint density at radius 3 is 3.04 bits per heavy atom. The van der Waals surface area contributed by atoms with Gasteiger partial charge >= 0.3 is 5.97 Å². The lowest BCUT2D eigenvalue weighted by atomic mass is 10.2. The van der Waals surface area contributed by atoms with Crippen molar-refractivity contribution in [3.05, 3.63) is 35.0 Å². The number of nitrogens with one attached hydrogen (secondary N) is 1. The molecular formula is C15H14N4O2S2. The Morgan fingerprint density at radius 1 is 1.35 bits per heavy atom. The Bertz CT molecular complexity index is 869. The molecule has 0 aliphatic heterocycles. The lowest BCUT2D eigenvalue weighted by Crippen LogP contribution is -2.10. The lowest BCUT2D eigenvalue weighted by molar-refractivity contribution is 0.0475. The van der Waals surface area contributed by atoms with Crippen LogP contribution in [0.5, 0.6) is 0 Å². The molecule has 0 atom stereocenters. The van der Waals surface area contributed by atoms with Gasteiger partial charge in [-0.25, -0.2) is 4.79 Å². The quantitative estimate of drug-likeness (QED) is 0.714. The number of hydrogen-bond donors (Lipinski definition) is 1. The molecule has 1 N–H and O–H groups in total. The minimum Gasteiger partial charge on any atom is -0.457 e. The monoisotopic (exact) mass is 346 g/mol. The molecule has 23 heavy (non-hydrogen) atoms. The van der Waals surface area contributed by atoms with E-state index in [1.165, 1.54) is 11.5 Å². The van der Waals surface area contributed by atoms with E-state index in [9.17, 15) is 4.79 Å². The summed E-state index contributed by atoms with van der Waals surface area (Å²) in [7, 11) is 0. The molecule has 1 saturated carbocycles. The number of esters is 1. The number of carbonyl (C=O) groups is 1. The van der Waals surface area contributed by atoms with E-state index in [1.54, 1.807) is 0 Å². The standard InChI is InChI=1S/C15H14N4O2S2/c1-8-12(14(22-17-8)16-10-5-6-10)15(20)21-7-9-3-2-4-11-13(9)19-23-18-11/h2-4,10,16H,5-7H2,1H3. The normalized spacial score (nSPS) is 14.1. The molecule has 8 heteroatoms. The zero-order valence-electron chi connectivity index (χ0n) is 12.4. The second-order valence-corrected chi connectivity index (χ2v) is 6.82. The number of benzene rings is 1. The van der Waals surface area contributed by atoms with Crippen molar-refractivity contribution in [1.29, 1.82) is 0 Å². The predicted octanol–water partition coefficient (Wildman–Crippen LogP) is 3.39. The molecule has 6 nitrogen and oxygen atoms in total. The molecule has 0 unspecified atom stereocenters. The maximum absolute atomic E-state index is 12.5. The van der Waals surface area contributed by atoms with E-state index in [2.05, 4.69) is 18.4 Å². The molecule has 2 heterocycles. The number of aromatic nitrogens is 3. The average molecular weight is 346 g/mol. The molecule has 1 aliphatic rings. The van der Waals surface area contributed by atoms with Gasteiger partial charge < -0.3 is 10.1 Å². The van der Waals surface area contributed by atoms with E-state index in [-0.39, 0.29) is 12.6 Å². The Hall–Kier alpha value is -2.06. The van der Waals surface area contributed by atoms with Crippen LogP contribution in [-0.4, -0.2) is 25.1 Å². The Balaban J connectivity index is 1.52. The Morgan fingerprint density at radius 2 is 2.22 bits per heavy atom. The van der Waals surface area contributed by atoms with Gasteiger partial charge in [0.1, 0.15) is 28.2 Å². The van der Waals surface area contributed by atoms with Crippen LogP contribution in [0.4, 0.5) is 5.00 Å². The van der Waals surface area contributed by atoms with Gasteiger partial charge in [-0.2, -0.15) is 13.1 Å². The van der Waals surface area contributed by atoms with Crippen molar-refractivity contribution in [2.75, 3.05) is 5.32 Å². The summed E-state index contributed by atoms with van der Waals surface area (Å²) in [5.74, 6) is -0.348. The summed E-state index contributed by atoms with van der Waals surface area (Å²) in [4.78, 5) is 12.5. The maximum atomic E-state index is 12.5. The van der Waals surface area contributed by atoms with Gasteiger partial charge in [-0.1, -0.05) is 12.1 Å². The van der Waals surface area contributed by atoms with Crippen molar-refractivity contribution in [2.24, 2.45) is 0 Å². The van der Waals surface area contributed by atoms with Gasteiger partial charge in [0.05, 0.1) is 17.4 Å². The maximum Gasteiger partial charge on any atom is 0.343 e.